The average molecular weight is 522 g/mol. The van der Waals surface area contributed by atoms with Gasteiger partial charge in [-0.1, -0.05) is 11.6 Å². The van der Waals surface area contributed by atoms with E-state index in [9.17, 15) is 9.18 Å². The largest absolute Gasteiger partial charge is 0.384 e. The van der Waals surface area contributed by atoms with E-state index >= 15 is 4.39 Å². The summed E-state index contributed by atoms with van der Waals surface area (Å²) in [6.07, 6.45) is 3.26. The Morgan fingerprint density at radius 2 is 1.92 bits per heavy atom. The molecule has 186 valence electrons. The Morgan fingerprint density at radius 1 is 1.05 bits per heavy atom. The summed E-state index contributed by atoms with van der Waals surface area (Å²) in [5, 5.41) is 11.8. The molecule has 13 heteroatoms. The smallest absolute Gasteiger partial charge is 0.251 e. The standard InChI is InChI=1S/C24H18ClF2N9O/c25-13-4-6-17(35-11-29-33-34-35)16(10-13)12-8-14-2-1-3-18(36(14)20(37)9-12)21-23(27)32-24(31-21)15-5-7-19(28)30-22(15)26/h4-11,18H,1-3H2,(H2,28,30)(H,31,32)/t18-/m0/s1. The van der Waals surface area contributed by atoms with Gasteiger partial charge >= 0.3 is 0 Å². The van der Waals surface area contributed by atoms with Crippen molar-refractivity contribution in [3.8, 4) is 28.2 Å². The highest BCUT2D eigenvalue weighted by molar-refractivity contribution is 6.31. The third-order valence-electron chi connectivity index (χ3n) is 6.38. The van der Waals surface area contributed by atoms with Crippen molar-refractivity contribution in [2.75, 3.05) is 5.73 Å². The summed E-state index contributed by atoms with van der Waals surface area (Å²) in [5.74, 6) is -1.71. The minimum absolute atomic E-state index is 0.00000882. The van der Waals surface area contributed by atoms with Gasteiger partial charge in [0.05, 0.1) is 23.0 Å². The fraction of sp³-hybridized carbons (Fsp3) is 0.167. The number of hydrogen-bond acceptors (Lipinski definition) is 7. The first-order valence-corrected chi connectivity index (χ1v) is 11.7. The number of nitrogen functional groups attached to an aromatic ring is 1. The quantitative estimate of drug-likeness (QED) is 0.344. The number of aromatic amines is 1. The zero-order valence-corrected chi connectivity index (χ0v) is 19.8. The molecule has 0 saturated heterocycles. The second kappa shape index (κ2) is 8.89. The molecule has 5 aromatic rings. The Bertz CT molecular complexity index is 1700. The number of imidazole rings is 1. The number of aromatic nitrogens is 8. The number of benzene rings is 1. The topological polar surface area (TPSA) is 133 Å². The van der Waals surface area contributed by atoms with Crippen LogP contribution in [0.5, 0.6) is 0 Å². The maximum absolute atomic E-state index is 15.1. The molecule has 3 N–H and O–H groups in total. The molecule has 1 aliphatic heterocycles. The second-order valence-electron chi connectivity index (χ2n) is 8.63. The van der Waals surface area contributed by atoms with Gasteiger partial charge in [0.1, 0.15) is 18.0 Å². The van der Waals surface area contributed by atoms with E-state index in [1.54, 1.807) is 22.8 Å². The number of rotatable bonds is 4. The van der Waals surface area contributed by atoms with Crippen molar-refractivity contribution in [1.29, 1.82) is 0 Å². The van der Waals surface area contributed by atoms with Crippen LogP contribution in [-0.4, -0.2) is 39.7 Å². The third-order valence-corrected chi connectivity index (χ3v) is 6.61. The lowest BCUT2D eigenvalue weighted by Crippen LogP contribution is -2.32. The zero-order chi connectivity index (χ0) is 25.7. The van der Waals surface area contributed by atoms with Crippen LogP contribution in [-0.2, 0) is 6.42 Å². The predicted molar refractivity (Wildman–Crippen MR) is 131 cm³/mol. The van der Waals surface area contributed by atoms with E-state index in [-0.39, 0.29) is 28.5 Å². The van der Waals surface area contributed by atoms with Gasteiger partial charge in [-0.15, -0.1) is 5.10 Å². The molecule has 10 nitrogen and oxygen atoms in total. The van der Waals surface area contributed by atoms with E-state index in [4.69, 9.17) is 17.3 Å². The minimum atomic E-state index is -0.869. The van der Waals surface area contributed by atoms with E-state index in [0.29, 0.717) is 41.1 Å². The summed E-state index contributed by atoms with van der Waals surface area (Å²) in [6, 6.07) is 10.7. The molecule has 0 unspecified atom stereocenters. The number of anilines is 1. The highest BCUT2D eigenvalue weighted by atomic mass is 35.5. The highest BCUT2D eigenvalue weighted by Crippen LogP contribution is 2.35. The number of aryl methyl sites for hydroxylation is 1. The lowest BCUT2D eigenvalue weighted by molar-refractivity contribution is 0.416. The average Bonchev–Trinajstić information content (AvgIpc) is 3.54. The van der Waals surface area contributed by atoms with Gasteiger partial charge < -0.3 is 15.3 Å². The summed E-state index contributed by atoms with van der Waals surface area (Å²) in [5.41, 5.74) is 7.94. The molecule has 1 atom stereocenters. The fourth-order valence-corrected chi connectivity index (χ4v) is 4.94. The van der Waals surface area contributed by atoms with Crippen LogP contribution < -0.4 is 11.3 Å². The van der Waals surface area contributed by atoms with Crippen LogP contribution in [0, 0.1) is 11.9 Å². The molecule has 6 rings (SSSR count). The van der Waals surface area contributed by atoms with Gasteiger partial charge in [-0.05, 0) is 71.7 Å². The van der Waals surface area contributed by atoms with E-state index in [1.807, 2.05) is 6.07 Å². The van der Waals surface area contributed by atoms with Crippen LogP contribution in [0.4, 0.5) is 14.6 Å². The van der Waals surface area contributed by atoms with Crippen molar-refractivity contribution in [3.63, 3.8) is 0 Å². The summed E-state index contributed by atoms with van der Waals surface area (Å²) in [4.78, 5) is 23.8. The summed E-state index contributed by atoms with van der Waals surface area (Å²) >= 11 is 6.27. The maximum atomic E-state index is 15.1. The van der Waals surface area contributed by atoms with Crippen LogP contribution in [0.1, 0.15) is 30.3 Å². The number of halogens is 3. The zero-order valence-electron chi connectivity index (χ0n) is 19.1. The molecule has 1 aromatic carbocycles. The van der Waals surface area contributed by atoms with Crippen LogP contribution >= 0.6 is 11.6 Å². The predicted octanol–water partition coefficient (Wildman–Crippen LogP) is 3.72. The molecular weight excluding hydrogens is 504 g/mol. The number of nitrogens with zero attached hydrogens (tertiary/aromatic N) is 7. The number of pyridine rings is 2. The van der Waals surface area contributed by atoms with Gasteiger partial charge in [0.2, 0.25) is 11.9 Å². The minimum Gasteiger partial charge on any atom is -0.384 e. The van der Waals surface area contributed by atoms with Crippen LogP contribution in [0.2, 0.25) is 5.02 Å². The van der Waals surface area contributed by atoms with E-state index in [1.165, 1.54) is 29.2 Å². The molecule has 0 radical (unpaired) electrons. The number of hydrogen-bond donors (Lipinski definition) is 2. The first-order valence-electron chi connectivity index (χ1n) is 11.4. The Balaban J connectivity index is 1.44. The van der Waals surface area contributed by atoms with Gasteiger partial charge in [-0.2, -0.15) is 18.4 Å². The second-order valence-corrected chi connectivity index (χ2v) is 9.07. The van der Waals surface area contributed by atoms with Crippen LogP contribution in [0.15, 0.2) is 53.6 Å². The maximum Gasteiger partial charge on any atom is 0.251 e. The molecule has 0 fully saturated rings. The number of tetrazole rings is 1. The van der Waals surface area contributed by atoms with Gasteiger partial charge in [0.25, 0.3) is 5.56 Å². The van der Waals surface area contributed by atoms with Crippen molar-refractivity contribution in [3.05, 3.63) is 87.5 Å². The Morgan fingerprint density at radius 3 is 2.70 bits per heavy atom. The molecule has 0 bridgehead atoms. The van der Waals surface area contributed by atoms with Gasteiger partial charge in [-0.3, -0.25) is 4.79 Å². The highest BCUT2D eigenvalue weighted by Gasteiger charge is 2.29. The number of nitrogens with two attached hydrogens (primary N) is 1. The Labute approximate surface area is 212 Å². The van der Waals surface area contributed by atoms with Crippen molar-refractivity contribution in [1.82, 2.24) is 39.7 Å². The number of nitrogens with one attached hydrogen (secondary N) is 1. The molecule has 0 aliphatic carbocycles. The van der Waals surface area contributed by atoms with Gasteiger partial charge in [0.15, 0.2) is 0 Å². The Hall–Kier alpha value is -4.45. The molecule has 4 aromatic heterocycles. The van der Waals surface area contributed by atoms with Crippen LogP contribution in [0.25, 0.3) is 28.2 Å². The lowest BCUT2D eigenvalue weighted by Gasteiger charge is -2.27. The normalized spacial score (nSPS) is 15.1. The third kappa shape index (κ3) is 4.04. The van der Waals surface area contributed by atoms with Crippen molar-refractivity contribution >= 4 is 17.4 Å². The molecule has 37 heavy (non-hydrogen) atoms. The molecule has 1 aliphatic rings. The molecule has 0 spiro atoms. The van der Waals surface area contributed by atoms with Crippen molar-refractivity contribution in [2.45, 2.75) is 25.3 Å². The first kappa shape index (κ1) is 23.0. The van der Waals surface area contributed by atoms with Crippen molar-refractivity contribution in [2.24, 2.45) is 0 Å². The molecule has 0 amide bonds. The summed E-state index contributed by atoms with van der Waals surface area (Å²) in [6.45, 7) is 0. The number of fused-ring (bicyclic) bond motifs is 1. The van der Waals surface area contributed by atoms with E-state index < -0.39 is 17.9 Å². The van der Waals surface area contributed by atoms with E-state index in [2.05, 4.69) is 30.5 Å². The van der Waals surface area contributed by atoms with Crippen molar-refractivity contribution < 1.29 is 8.78 Å². The monoisotopic (exact) mass is 521 g/mol. The van der Waals surface area contributed by atoms with Crippen LogP contribution in [0.3, 0.4) is 0 Å². The summed E-state index contributed by atoms with van der Waals surface area (Å²) < 4.78 is 32.4. The molecular formula is C24H18ClF2N9O. The Kier molecular flexibility index (Phi) is 5.52. The van der Waals surface area contributed by atoms with Gasteiger partial charge in [-0.25, -0.2) is 4.98 Å². The van der Waals surface area contributed by atoms with Gasteiger partial charge in [0, 0.05) is 22.3 Å². The fourth-order valence-electron chi connectivity index (χ4n) is 4.77. The summed E-state index contributed by atoms with van der Waals surface area (Å²) in [7, 11) is 0. The van der Waals surface area contributed by atoms with E-state index in [0.717, 1.165) is 5.69 Å². The molecule has 0 saturated carbocycles. The molecule has 5 heterocycles. The first-order chi connectivity index (χ1) is 17.9. The SMILES string of the molecule is Nc1ccc(-c2nc(F)c([C@@H]3CCCc4cc(-c5cc(Cl)ccc5-n5cnnn5)cc(=O)n43)[nH]2)c(F)n1. The lowest BCUT2D eigenvalue weighted by atomic mass is 9.96. The number of H-pyrrole nitrogens is 1.